The Morgan fingerprint density at radius 1 is 1.03 bits per heavy atom. The van der Waals surface area contributed by atoms with Crippen molar-refractivity contribution in [3.63, 3.8) is 0 Å². The highest BCUT2D eigenvalue weighted by Gasteiger charge is 2.23. The van der Waals surface area contributed by atoms with Crippen LogP contribution < -0.4 is 15.5 Å². The van der Waals surface area contributed by atoms with E-state index in [-0.39, 0.29) is 18.4 Å². The lowest BCUT2D eigenvalue weighted by atomic mass is 10.1. The summed E-state index contributed by atoms with van der Waals surface area (Å²) in [5, 5.41) is 7.07. The molecule has 2 aromatic carbocycles. The molecule has 0 saturated carbocycles. The average Bonchev–Trinajstić information content (AvgIpc) is 2.76. The number of fused-ring (bicyclic) bond motifs is 1. The van der Waals surface area contributed by atoms with Crippen molar-refractivity contribution in [2.75, 3.05) is 27.8 Å². The highest BCUT2D eigenvalue weighted by molar-refractivity contribution is 7.99. The summed E-state index contributed by atoms with van der Waals surface area (Å²) in [6.45, 7) is 0.621. The number of carbonyl (C=O) groups is 2. The number of amides is 3. The minimum atomic E-state index is -0.200. The third-order valence-electron chi connectivity index (χ3n) is 4.56. The van der Waals surface area contributed by atoms with E-state index in [1.807, 2.05) is 36.4 Å². The van der Waals surface area contributed by atoms with E-state index in [0.29, 0.717) is 22.9 Å². The monoisotopic (exact) mass is 438 g/mol. The Hall–Kier alpha value is -3.03. The molecule has 2 N–H and O–H groups in total. The van der Waals surface area contributed by atoms with Gasteiger partial charge in [0.25, 0.3) is 0 Å². The topological polar surface area (TPSA) is 74.3 Å². The number of thioether (sulfide) groups is 1. The van der Waals surface area contributed by atoms with Crippen LogP contribution in [0.15, 0.2) is 71.9 Å². The van der Waals surface area contributed by atoms with E-state index in [1.54, 1.807) is 47.1 Å². The molecule has 0 fully saturated rings. The van der Waals surface area contributed by atoms with Gasteiger partial charge in [0, 0.05) is 24.2 Å². The lowest BCUT2D eigenvalue weighted by Gasteiger charge is -2.28. The molecule has 1 aromatic heterocycles. The van der Waals surface area contributed by atoms with Crippen molar-refractivity contribution in [3.8, 4) is 0 Å². The fourth-order valence-corrected chi connectivity index (χ4v) is 4.21. The Balaban J connectivity index is 1.37. The normalized spacial score (nSPS) is 12.8. The first-order valence-electron chi connectivity index (χ1n) is 9.40. The maximum atomic E-state index is 12.7. The van der Waals surface area contributed by atoms with Crippen LogP contribution >= 0.6 is 23.4 Å². The number of rotatable bonds is 4. The van der Waals surface area contributed by atoms with Crippen molar-refractivity contribution in [1.82, 2.24) is 4.98 Å². The Kier molecular flexibility index (Phi) is 6.21. The molecule has 3 amide bonds. The predicted octanol–water partition coefficient (Wildman–Crippen LogP) is 5.06. The number of aromatic nitrogens is 1. The number of benzene rings is 2. The van der Waals surface area contributed by atoms with Gasteiger partial charge in [-0.25, -0.2) is 9.78 Å². The molecule has 4 rings (SSSR count). The summed E-state index contributed by atoms with van der Waals surface area (Å²) < 4.78 is 0. The fraction of sp³-hybridized carbons (Fsp3) is 0.136. The van der Waals surface area contributed by atoms with Crippen LogP contribution in [0.25, 0.3) is 0 Å². The lowest BCUT2D eigenvalue weighted by Crippen LogP contribution is -2.38. The number of hydrogen-bond acceptors (Lipinski definition) is 4. The van der Waals surface area contributed by atoms with Crippen molar-refractivity contribution >= 4 is 52.4 Å². The van der Waals surface area contributed by atoms with Crippen molar-refractivity contribution in [3.05, 3.63) is 77.4 Å². The summed E-state index contributed by atoms with van der Waals surface area (Å²) in [4.78, 5) is 31.0. The van der Waals surface area contributed by atoms with Gasteiger partial charge >= 0.3 is 6.03 Å². The van der Waals surface area contributed by atoms with E-state index in [0.717, 1.165) is 22.0 Å². The zero-order chi connectivity index (χ0) is 20.9. The second-order valence-electron chi connectivity index (χ2n) is 6.66. The molecule has 8 heteroatoms. The second kappa shape index (κ2) is 9.19. The number of hydrogen-bond donors (Lipinski definition) is 2. The molecule has 6 nitrogen and oxygen atoms in total. The van der Waals surface area contributed by atoms with Crippen LogP contribution in [0.2, 0.25) is 5.02 Å². The largest absolute Gasteiger partial charge is 0.326 e. The standard InChI is InChI=1S/C22H19ClN4O2S/c23-17-4-1-2-5-18(17)26-20(28)14-15-7-9-16(10-8-15)25-22(29)27-12-13-30-21-19(27)6-3-11-24-21/h1-11H,12-14H2,(H,25,29)(H,26,28). The average molecular weight is 439 g/mol. The van der Waals surface area contributed by atoms with Gasteiger partial charge in [-0.3, -0.25) is 9.69 Å². The Bertz CT molecular complexity index is 1070. The van der Waals surface area contributed by atoms with Crippen LogP contribution in [0.5, 0.6) is 0 Å². The molecule has 1 aliphatic rings. The molecule has 152 valence electrons. The molecule has 0 spiro atoms. The molecule has 30 heavy (non-hydrogen) atoms. The Labute approximate surface area is 183 Å². The molecule has 2 heterocycles. The smallest absolute Gasteiger partial charge is 0.324 e. The van der Waals surface area contributed by atoms with Crippen LogP contribution in [0.4, 0.5) is 21.9 Å². The van der Waals surface area contributed by atoms with Crippen molar-refractivity contribution in [1.29, 1.82) is 0 Å². The Morgan fingerprint density at radius 2 is 1.83 bits per heavy atom. The molecule has 0 saturated heterocycles. The number of nitrogens with one attached hydrogen (secondary N) is 2. The van der Waals surface area contributed by atoms with Gasteiger partial charge in [0.2, 0.25) is 5.91 Å². The van der Waals surface area contributed by atoms with Gasteiger partial charge < -0.3 is 10.6 Å². The molecule has 0 atom stereocenters. The minimum Gasteiger partial charge on any atom is -0.324 e. The van der Waals surface area contributed by atoms with Gasteiger partial charge in [-0.2, -0.15) is 0 Å². The van der Waals surface area contributed by atoms with Crippen molar-refractivity contribution in [2.24, 2.45) is 0 Å². The molecule has 0 unspecified atom stereocenters. The first-order valence-corrected chi connectivity index (χ1v) is 10.8. The van der Waals surface area contributed by atoms with Gasteiger partial charge in [-0.05, 0) is 42.0 Å². The molecule has 3 aromatic rings. The van der Waals surface area contributed by atoms with Crippen LogP contribution in [0.1, 0.15) is 5.56 Å². The third-order valence-corrected chi connectivity index (χ3v) is 5.86. The van der Waals surface area contributed by atoms with Crippen molar-refractivity contribution < 1.29 is 9.59 Å². The molecule has 0 radical (unpaired) electrons. The van der Waals surface area contributed by atoms with E-state index in [9.17, 15) is 9.59 Å². The number of urea groups is 1. The van der Waals surface area contributed by atoms with Crippen molar-refractivity contribution in [2.45, 2.75) is 11.4 Å². The number of para-hydroxylation sites is 1. The summed E-state index contributed by atoms with van der Waals surface area (Å²) >= 11 is 7.72. The van der Waals surface area contributed by atoms with E-state index >= 15 is 0 Å². The van der Waals surface area contributed by atoms with Gasteiger partial charge in [0.15, 0.2) is 0 Å². The number of nitrogens with zero attached hydrogens (tertiary/aromatic N) is 2. The van der Waals surface area contributed by atoms with Crippen LogP contribution in [-0.2, 0) is 11.2 Å². The van der Waals surface area contributed by atoms with Gasteiger partial charge in [-0.1, -0.05) is 35.9 Å². The predicted molar refractivity (Wildman–Crippen MR) is 122 cm³/mol. The summed E-state index contributed by atoms with van der Waals surface area (Å²) in [6.07, 6.45) is 1.94. The first-order chi connectivity index (χ1) is 14.6. The maximum absolute atomic E-state index is 12.7. The summed E-state index contributed by atoms with van der Waals surface area (Å²) in [7, 11) is 0. The lowest BCUT2D eigenvalue weighted by molar-refractivity contribution is -0.115. The van der Waals surface area contributed by atoms with E-state index < -0.39 is 0 Å². The van der Waals surface area contributed by atoms with E-state index in [2.05, 4.69) is 15.6 Å². The van der Waals surface area contributed by atoms with Crippen LogP contribution in [-0.4, -0.2) is 29.2 Å². The molecule has 0 bridgehead atoms. The minimum absolute atomic E-state index is 0.158. The summed E-state index contributed by atoms with van der Waals surface area (Å²) in [5.41, 5.74) is 2.90. The molecular weight excluding hydrogens is 420 g/mol. The second-order valence-corrected chi connectivity index (χ2v) is 8.15. The Morgan fingerprint density at radius 3 is 2.63 bits per heavy atom. The fourth-order valence-electron chi connectivity index (χ4n) is 3.10. The highest BCUT2D eigenvalue weighted by atomic mass is 35.5. The molecular formula is C22H19ClN4O2S. The zero-order valence-electron chi connectivity index (χ0n) is 16.0. The molecule has 1 aliphatic heterocycles. The number of anilines is 3. The van der Waals surface area contributed by atoms with Gasteiger partial charge in [-0.15, -0.1) is 11.8 Å². The number of halogens is 1. The van der Waals surface area contributed by atoms with Gasteiger partial charge in [0.1, 0.15) is 5.03 Å². The molecule has 0 aliphatic carbocycles. The quantitative estimate of drug-likeness (QED) is 0.597. The SMILES string of the molecule is O=C(Cc1ccc(NC(=O)N2CCSc3ncccc32)cc1)Nc1ccccc1Cl. The van der Waals surface area contributed by atoms with E-state index in [4.69, 9.17) is 11.6 Å². The first kappa shape index (κ1) is 20.3. The van der Waals surface area contributed by atoms with Crippen LogP contribution in [0.3, 0.4) is 0 Å². The van der Waals surface area contributed by atoms with Crippen LogP contribution in [0, 0.1) is 0 Å². The van der Waals surface area contributed by atoms with Gasteiger partial charge in [0.05, 0.1) is 22.8 Å². The zero-order valence-corrected chi connectivity index (χ0v) is 17.5. The maximum Gasteiger partial charge on any atom is 0.326 e. The van der Waals surface area contributed by atoms with E-state index in [1.165, 1.54) is 0 Å². The summed E-state index contributed by atoms with van der Waals surface area (Å²) in [6, 6.07) is 17.9. The summed E-state index contributed by atoms with van der Waals surface area (Å²) in [5.74, 6) is 0.645. The highest BCUT2D eigenvalue weighted by Crippen LogP contribution is 2.32. The third kappa shape index (κ3) is 4.75. The number of pyridine rings is 1. The number of carbonyl (C=O) groups excluding carboxylic acids is 2.